The molecule has 0 spiro atoms. The molecule has 0 bridgehead atoms. The molecule has 0 aromatic heterocycles. The molecule has 2 amide bonds. The van der Waals surface area contributed by atoms with Gasteiger partial charge in [0.15, 0.2) is 0 Å². The Bertz CT molecular complexity index is 603. The number of nitrogens with zero attached hydrogens (tertiary/aromatic N) is 1. The van der Waals surface area contributed by atoms with Crippen LogP contribution >= 0.6 is 23.2 Å². The van der Waals surface area contributed by atoms with Crippen molar-refractivity contribution in [3.05, 3.63) is 27.7 Å². The Hall–Kier alpha value is -1.26. The number of halogens is 2. The molecule has 2 atom stereocenters. The minimum Gasteiger partial charge on any atom is -0.369 e. The Morgan fingerprint density at radius 1 is 1.25 bits per heavy atom. The van der Waals surface area contributed by atoms with Gasteiger partial charge >= 0.3 is 0 Å². The lowest BCUT2D eigenvalue weighted by Crippen LogP contribution is -2.37. The van der Waals surface area contributed by atoms with Crippen LogP contribution in [0, 0.1) is 11.8 Å². The van der Waals surface area contributed by atoms with Crippen LogP contribution in [0.25, 0.3) is 0 Å². The van der Waals surface area contributed by atoms with Gasteiger partial charge in [-0.05, 0) is 37.0 Å². The molecule has 1 aliphatic carbocycles. The minimum absolute atomic E-state index is 0.0565. The lowest BCUT2D eigenvalue weighted by atomic mass is 10.0. The van der Waals surface area contributed by atoms with Crippen LogP contribution in [0.4, 0.5) is 5.69 Å². The van der Waals surface area contributed by atoms with E-state index >= 15 is 0 Å². The predicted molar refractivity (Wildman–Crippen MR) is 77.9 cm³/mol. The number of amides is 2. The highest BCUT2D eigenvalue weighted by Crippen LogP contribution is 2.43. The number of carbonyl (C=O) groups excluding carboxylic acids is 2. The molecule has 0 saturated heterocycles. The number of fused-ring (bicyclic) bond motifs is 1. The van der Waals surface area contributed by atoms with Crippen LogP contribution < -0.4 is 10.6 Å². The van der Waals surface area contributed by atoms with Crippen molar-refractivity contribution in [1.29, 1.82) is 0 Å². The maximum atomic E-state index is 12.5. The van der Waals surface area contributed by atoms with Crippen molar-refractivity contribution in [2.75, 3.05) is 11.4 Å². The molecule has 1 aromatic carbocycles. The Morgan fingerprint density at radius 3 is 2.65 bits per heavy atom. The molecular weight excluding hydrogens is 299 g/mol. The first-order valence-corrected chi connectivity index (χ1v) is 7.33. The summed E-state index contributed by atoms with van der Waals surface area (Å²) in [6.07, 6.45) is 2.26. The number of rotatable bonds is 2. The molecule has 1 heterocycles. The lowest BCUT2D eigenvalue weighted by Gasteiger charge is -2.30. The van der Waals surface area contributed by atoms with Crippen molar-refractivity contribution >= 4 is 40.7 Å². The van der Waals surface area contributed by atoms with E-state index in [1.165, 1.54) is 0 Å². The number of nitrogens with two attached hydrogens (primary N) is 1. The van der Waals surface area contributed by atoms with Gasteiger partial charge in [-0.25, -0.2) is 0 Å². The van der Waals surface area contributed by atoms with E-state index in [9.17, 15) is 9.59 Å². The lowest BCUT2D eigenvalue weighted by molar-refractivity contribution is -0.124. The van der Waals surface area contributed by atoms with Gasteiger partial charge in [0.1, 0.15) is 0 Å². The molecule has 4 nitrogen and oxygen atoms in total. The zero-order valence-electron chi connectivity index (χ0n) is 10.7. The standard InChI is InChI=1S/C14H14Cl2N2O2/c15-8-4-7-2-1-3-18(12(7)11(16)5-8)14(20)10-6-9(10)13(17)19/h4-5,9-10H,1-3,6H2,(H2,17,19). The molecule has 2 aliphatic rings. The van der Waals surface area contributed by atoms with Crippen molar-refractivity contribution in [1.82, 2.24) is 0 Å². The Labute approximate surface area is 126 Å². The van der Waals surface area contributed by atoms with Gasteiger partial charge in [0.2, 0.25) is 11.8 Å². The minimum atomic E-state index is -0.400. The first-order valence-electron chi connectivity index (χ1n) is 6.57. The first-order chi connectivity index (χ1) is 9.49. The molecule has 1 aliphatic heterocycles. The second-order valence-electron chi connectivity index (χ2n) is 5.34. The van der Waals surface area contributed by atoms with Crippen LogP contribution in [-0.2, 0) is 16.0 Å². The van der Waals surface area contributed by atoms with Gasteiger partial charge in [0, 0.05) is 11.6 Å². The fourth-order valence-corrected chi connectivity index (χ4v) is 3.49. The summed E-state index contributed by atoms with van der Waals surface area (Å²) in [6.45, 7) is 0.620. The van der Waals surface area contributed by atoms with Crippen molar-refractivity contribution in [2.45, 2.75) is 19.3 Å². The average molecular weight is 313 g/mol. The van der Waals surface area contributed by atoms with Crippen LogP contribution in [-0.4, -0.2) is 18.4 Å². The second kappa shape index (κ2) is 4.93. The van der Waals surface area contributed by atoms with Crippen molar-refractivity contribution in [3.8, 4) is 0 Å². The van der Waals surface area contributed by atoms with E-state index in [-0.39, 0.29) is 17.7 Å². The van der Waals surface area contributed by atoms with Gasteiger partial charge < -0.3 is 10.6 Å². The van der Waals surface area contributed by atoms with E-state index < -0.39 is 5.91 Å². The Kier molecular flexibility index (Phi) is 3.38. The Balaban J connectivity index is 1.91. The average Bonchev–Trinajstić information content (AvgIpc) is 3.17. The quantitative estimate of drug-likeness (QED) is 0.911. The molecule has 1 fully saturated rings. The highest BCUT2D eigenvalue weighted by atomic mass is 35.5. The van der Waals surface area contributed by atoms with E-state index in [2.05, 4.69) is 0 Å². The van der Waals surface area contributed by atoms with Gasteiger partial charge in [0.05, 0.1) is 22.5 Å². The molecule has 0 radical (unpaired) electrons. The van der Waals surface area contributed by atoms with E-state index in [0.29, 0.717) is 23.0 Å². The maximum Gasteiger partial charge on any atom is 0.230 e. The second-order valence-corrected chi connectivity index (χ2v) is 6.18. The Morgan fingerprint density at radius 2 is 2.00 bits per heavy atom. The summed E-state index contributed by atoms with van der Waals surface area (Å²) in [5.41, 5.74) is 6.97. The highest BCUT2D eigenvalue weighted by molar-refractivity contribution is 6.37. The van der Waals surface area contributed by atoms with Crippen molar-refractivity contribution in [3.63, 3.8) is 0 Å². The van der Waals surface area contributed by atoms with Gasteiger partial charge in [0.25, 0.3) is 0 Å². The number of hydrogen-bond acceptors (Lipinski definition) is 2. The van der Waals surface area contributed by atoms with E-state index in [1.807, 2.05) is 6.07 Å². The third-order valence-corrected chi connectivity index (χ3v) is 4.45. The molecule has 2 unspecified atom stereocenters. The smallest absolute Gasteiger partial charge is 0.230 e. The fraction of sp³-hybridized carbons (Fsp3) is 0.429. The number of carbonyl (C=O) groups is 2. The van der Waals surface area contributed by atoms with Crippen molar-refractivity contribution in [2.24, 2.45) is 17.6 Å². The SMILES string of the molecule is NC(=O)C1CC1C(=O)N1CCCc2cc(Cl)cc(Cl)c21. The molecular formula is C14H14Cl2N2O2. The van der Waals surface area contributed by atoms with Gasteiger partial charge in [-0.2, -0.15) is 0 Å². The fourth-order valence-electron chi connectivity index (χ4n) is 2.85. The number of benzene rings is 1. The molecule has 2 N–H and O–H groups in total. The summed E-state index contributed by atoms with van der Waals surface area (Å²) in [4.78, 5) is 25.3. The van der Waals surface area contributed by atoms with Crippen LogP contribution in [0.1, 0.15) is 18.4 Å². The maximum absolute atomic E-state index is 12.5. The number of aryl methyl sites for hydroxylation is 1. The molecule has 20 heavy (non-hydrogen) atoms. The summed E-state index contributed by atoms with van der Waals surface area (Å²) in [6, 6.07) is 3.49. The van der Waals surface area contributed by atoms with Crippen molar-refractivity contribution < 1.29 is 9.59 Å². The summed E-state index contributed by atoms with van der Waals surface area (Å²) >= 11 is 12.2. The van der Waals surface area contributed by atoms with Gasteiger partial charge in [-0.1, -0.05) is 23.2 Å². The number of anilines is 1. The third kappa shape index (κ3) is 2.27. The topological polar surface area (TPSA) is 63.4 Å². The number of hydrogen-bond donors (Lipinski definition) is 1. The summed E-state index contributed by atoms with van der Waals surface area (Å²) in [7, 11) is 0. The zero-order valence-corrected chi connectivity index (χ0v) is 12.2. The first kappa shape index (κ1) is 13.7. The molecule has 6 heteroatoms. The predicted octanol–water partition coefficient (Wildman–Crippen LogP) is 2.39. The largest absolute Gasteiger partial charge is 0.369 e. The summed E-state index contributed by atoms with van der Waals surface area (Å²) < 4.78 is 0. The molecule has 3 rings (SSSR count). The summed E-state index contributed by atoms with van der Waals surface area (Å²) in [5, 5.41) is 1.06. The molecule has 1 saturated carbocycles. The van der Waals surface area contributed by atoms with Crippen LogP contribution in [0.2, 0.25) is 10.0 Å². The normalized spacial score (nSPS) is 24.2. The van der Waals surface area contributed by atoms with Crippen LogP contribution in [0.5, 0.6) is 0 Å². The number of primary amides is 1. The van der Waals surface area contributed by atoms with Gasteiger partial charge in [-0.15, -0.1) is 0 Å². The van der Waals surface area contributed by atoms with E-state index in [4.69, 9.17) is 28.9 Å². The van der Waals surface area contributed by atoms with Crippen LogP contribution in [0.15, 0.2) is 12.1 Å². The summed E-state index contributed by atoms with van der Waals surface area (Å²) in [5.74, 6) is -1.06. The zero-order chi connectivity index (χ0) is 14.4. The van der Waals surface area contributed by atoms with Crippen LogP contribution in [0.3, 0.4) is 0 Å². The van der Waals surface area contributed by atoms with E-state index in [1.54, 1.807) is 11.0 Å². The highest BCUT2D eigenvalue weighted by Gasteiger charge is 2.49. The molecule has 106 valence electrons. The molecule has 1 aromatic rings. The monoisotopic (exact) mass is 312 g/mol. The van der Waals surface area contributed by atoms with E-state index in [0.717, 1.165) is 24.1 Å². The van der Waals surface area contributed by atoms with Gasteiger partial charge in [-0.3, -0.25) is 9.59 Å². The third-order valence-electron chi connectivity index (χ3n) is 3.94.